The Labute approximate surface area is 107 Å². The Morgan fingerprint density at radius 2 is 2.06 bits per heavy atom. The van der Waals surface area contributed by atoms with Crippen LogP contribution in [0.3, 0.4) is 0 Å². The molecule has 2 aromatic rings. The molecule has 0 aliphatic carbocycles. The van der Waals surface area contributed by atoms with Gasteiger partial charge in [0.2, 0.25) is 0 Å². The topological polar surface area (TPSA) is 65.1 Å². The normalized spacial score (nSPS) is 12.1. The van der Waals surface area contributed by atoms with Crippen molar-refractivity contribution in [3.05, 3.63) is 30.5 Å². The van der Waals surface area contributed by atoms with E-state index in [2.05, 4.69) is 4.57 Å². The lowest BCUT2D eigenvalue weighted by Crippen LogP contribution is -2.11. The van der Waals surface area contributed by atoms with E-state index in [4.69, 9.17) is 5.73 Å². The van der Waals surface area contributed by atoms with Crippen molar-refractivity contribution in [2.75, 3.05) is 17.2 Å². The van der Waals surface area contributed by atoms with Crippen LogP contribution in [0.15, 0.2) is 30.5 Å². The second-order valence-electron chi connectivity index (χ2n) is 4.42. The first-order chi connectivity index (χ1) is 8.52. The standard InChI is InChI=1S/C13H18N2O2S/c1-2-18(16,17)9-3-7-15-8-6-11-4-5-12(14)10-13(11)15/h4-6,8,10H,2-3,7,9,14H2,1H3. The van der Waals surface area contributed by atoms with Crippen LogP contribution in [0.1, 0.15) is 13.3 Å². The van der Waals surface area contributed by atoms with E-state index in [0.717, 1.165) is 16.6 Å². The van der Waals surface area contributed by atoms with Gasteiger partial charge in [-0.3, -0.25) is 0 Å². The van der Waals surface area contributed by atoms with Gasteiger partial charge in [0.25, 0.3) is 0 Å². The molecule has 0 bridgehead atoms. The zero-order valence-corrected chi connectivity index (χ0v) is 11.3. The molecule has 4 nitrogen and oxygen atoms in total. The summed E-state index contributed by atoms with van der Waals surface area (Å²) in [5, 5.41) is 1.13. The van der Waals surface area contributed by atoms with Gasteiger partial charge in [-0.2, -0.15) is 0 Å². The van der Waals surface area contributed by atoms with Gasteiger partial charge in [-0.15, -0.1) is 0 Å². The minimum Gasteiger partial charge on any atom is -0.399 e. The van der Waals surface area contributed by atoms with Crippen molar-refractivity contribution in [3.63, 3.8) is 0 Å². The highest BCUT2D eigenvalue weighted by molar-refractivity contribution is 7.91. The lowest BCUT2D eigenvalue weighted by Gasteiger charge is -2.06. The first-order valence-electron chi connectivity index (χ1n) is 6.06. The smallest absolute Gasteiger partial charge is 0.150 e. The third kappa shape index (κ3) is 2.85. The van der Waals surface area contributed by atoms with Crippen LogP contribution in [0.2, 0.25) is 0 Å². The Hall–Kier alpha value is -1.49. The fourth-order valence-corrected chi connectivity index (χ4v) is 2.85. The van der Waals surface area contributed by atoms with E-state index >= 15 is 0 Å². The van der Waals surface area contributed by atoms with Gasteiger partial charge < -0.3 is 10.3 Å². The highest BCUT2D eigenvalue weighted by Crippen LogP contribution is 2.19. The van der Waals surface area contributed by atoms with E-state index in [0.29, 0.717) is 13.0 Å². The molecule has 0 fully saturated rings. The fourth-order valence-electron chi connectivity index (χ4n) is 2.00. The minimum atomic E-state index is -2.87. The van der Waals surface area contributed by atoms with Gasteiger partial charge in [-0.25, -0.2) is 8.42 Å². The van der Waals surface area contributed by atoms with Crippen LogP contribution in [0.5, 0.6) is 0 Å². The average molecular weight is 266 g/mol. The molecule has 18 heavy (non-hydrogen) atoms. The number of anilines is 1. The number of hydrogen-bond acceptors (Lipinski definition) is 3. The molecule has 0 spiro atoms. The van der Waals surface area contributed by atoms with Crippen molar-refractivity contribution in [2.45, 2.75) is 19.9 Å². The molecular weight excluding hydrogens is 248 g/mol. The second kappa shape index (κ2) is 5.02. The molecule has 1 heterocycles. The van der Waals surface area contributed by atoms with Crippen LogP contribution in [-0.2, 0) is 16.4 Å². The van der Waals surface area contributed by atoms with E-state index < -0.39 is 9.84 Å². The number of aromatic nitrogens is 1. The maximum atomic E-state index is 11.4. The average Bonchev–Trinajstić information content (AvgIpc) is 2.72. The van der Waals surface area contributed by atoms with Crippen LogP contribution in [-0.4, -0.2) is 24.5 Å². The van der Waals surface area contributed by atoms with Crippen molar-refractivity contribution >= 4 is 26.4 Å². The zero-order valence-electron chi connectivity index (χ0n) is 10.5. The Balaban J connectivity index is 2.11. The molecule has 1 aromatic heterocycles. The van der Waals surface area contributed by atoms with Crippen molar-refractivity contribution in [1.82, 2.24) is 4.57 Å². The molecule has 0 amide bonds. The van der Waals surface area contributed by atoms with E-state index in [1.807, 2.05) is 30.5 Å². The molecular formula is C13H18N2O2S. The number of rotatable bonds is 5. The monoisotopic (exact) mass is 266 g/mol. The van der Waals surface area contributed by atoms with Gasteiger partial charge in [0.15, 0.2) is 0 Å². The molecule has 5 heteroatoms. The molecule has 0 radical (unpaired) electrons. The number of nitrogens with two attached hydrogens (primary N) is 1. The molecule has 0 unspecified atom stereocenters. The number of benzene rings is 1. The molecule has 98 valence electrons. The summed E-state index contributed by atoms with van der Waals surface area (Å²) in [5.41, 5.74) is 7.55. The van der Waals surface area contributed by atoms with Gasteiger partial charge >= 0.3 is 0 Å². The summed E-state index contributed by atoms with van der Waals surface area (Å²) in [7, 11) is -2.87. The number of fused-ring (bicyclic) bond motifs is 1. The number of aryl methyl sites for hydroxylation is 1. The molecule has 0 saturated heterocycles. The van der Waals surface area contributed by atoms with Crippen LogP contribution in [0, 0.1) is 0 Å². The van der Waals surface area contributed by atoms with Crippen molar-refractivity contribution in [3.8, 4) is 0 Å². The van der Waals surface area contributed by atoms with E-state index in [-0.39, 0.29) is 11.5 Å². The van der Waals surface area contributed by atoms with Gasteiger partial charge in [0.05, 0.1) is 11.3 Å². The van der Waals surface area contributed by atoms with Gasteiger partial charge in [0.1, 0.15) is 9.84 Å². The molecule has 0 saturated carbocycles. The summed E-state index contributed by atoms with van der Waals surface area (Å²) in [5.74, 6) is 0.456. The minimum absolute atomic E-state index is 0.215. The number of hydrogen-bond donors (Lipinski definition) is 1. The van der Waals surface area contributed by atoms with Crippen LogP contribution < -0.4 is 5.73 Å². The van der Waals surface area contributed by atoms with Gasteiger partial charge in [-0.1, -0.05) is 13.0 Å². The summed E-state index contributed by atoms with van der Waals surface area (Å²) in [6.45, 7) is 2.38. The highest BCUT2D eigenvalue weighted by atomic mass is 32.2. The summed E-state index contributed by atoms with van der Waals surface area (Å²) < 4.78 is 24.9. The van der Waals surface area contributed by atoms with E-state index in [1.165, 1.54) is 0 Å². The predicted octanol–water partition coefficient (Wildman–Crippen LogP) is 2.05. The Morgan fingerprint density at radius 1 is 1.28 bits per heavy atom. The Bertz CT molecular complexity index is 644. The maximum absolute atomic E-state index is 11.4. The molecule has 0 aliphatic heterocycles. The highest BCUT2D eigenvalue weighted by Gasteiger charge is 2.07. The molecule has 2 N–H and O–H groups in total. The van der Waals surface area contributed by atoms with E-state index in [9.17, 15) is 8.42 Å². The maximum Gasteiger partial charge on any atom is 0.150 e. The third-order valence-electron chi connectivity index (χ3n) is 3.09. The number of nitrogen functional groups attached to an aromatic ring is 1. The lowest BCUT2D eigenvalue weighted by atomic mass is 10.2. The first-order valence-corrected chi connectivity index (χ1v) is 7.89. The number of sulfone groups is 1. The van der Waals surface area contributed by atoms with E-state index in [1.54, 1.807) is 6.92 Å². The van der Waals surface area contributed by atoms with Crippen molar-refractivity contribution in [1.29, 1.82) is 0 Å². The molecule has 2 rings (SSSR count). The predicted molar refractivity (Wildman–Crippen MR) is 75.3 cm³/mol. The van der Waals surface area contributed by atoms with Crippen LogP contribution >= 0.6 is 0 Å². The summed E-state index contributed by atoms with van der Waals surface area (Å²) in [6.07, 6.45) is 2.61. The Kier molecular flexibility index (Phi) is 3.61. The van der Waals surface area contributed by atoms with Crippen molar-refractivity contribution < 1.29 is 8.42 Å². The molecule has 1 aromatic carbocycles. The quantitative estimate of drug-likeness (QED) is 0.842. The molecule has 0 atom stereocenters. The largest absolute Gasteiger partial charge is 0.399 e. The van der Waals surface area contributed by atoms with Gasteiger partial charge in [0, 0.05) is 24.2 Å². The van der Waals surface area contributed by atoms with Crippen LogP contribution in [0.25, 0.3) is 10.9 Å². The third-order valence-corrected chi connectivity index (χ3v) is 4.88. The summed E-state index contributed by atoms with van der Waals surface area (Å²) in [6, 6.07) is 7.78. The Morgan fingerprint density at radius 3 is 2.78 bits per heavy atom. The van der Waals surface area contributed by atoms with Crippen molar-refractivity contribution in [2.24, 2.45) is 0 Å². The fraction of sp³-hybridized carbons (Fsp3) is 0.385. The van der Waals surface area contributed by atoms with Gasteiger partial charge in [-0.05, 0) is 30.0 Å². The summed E-state index contributed by atoms with van der Waals surface area (Å²) in [4.78, 5) is 0. The first kappa shape index (κ1) is 13.0. The summed E-state index contributed by atoms with van der Waals surface area (Å²) >= 11 is 0. The van der Waals surface area contributed by atoms with Crippen LogP contribution in [0.4, 0.5) is 5.69 Å². The second-order valence-corrected chi connectivity index (χ2v) is 6.89. The molecule has 0 aliphatic rings. The SMILES string of the molecule is CCS(=O)(=O)CCCn1ccc2ccc(N)cc21. The lowest BCUT2D eigenvalue weighted by molar-refractivity contribution is 0.589. The zero-order chi connectivity index (χ0) is 13.2. The number of nitrogens with zero attached hydrogens (tertiary/aromatic N) is 1.